The highest BCUT2D eigenvalue weighted by molar-refractivity contribution is 5.48. The Balaban J connectivity index is 3.04. The van der Waals surface area contributed by atoms with Gasteiger partial charge in [-0.25, -0.2) is 0 Å². The fraction of sp³-hybridized carbons (Fsp3) is 0.600. The molecule has 0 aromatic rings. The molecule has 1 aliphatic rings. The average Bonchev–Trinajstić information content (AvgIpc) is 2.17. The van der Waals surface area contributed by atoms with Gasteiger partial charge in [-0.2, -0.15) is 0 Å². The summed E-state index contributed by atoms with van der Waals surface area (Å²) in [5.74, 6) is 0. The SMILES string of the molecule is CNC1C(C)=C(C)C(C)=C1C. The normalized spacial score (nSPS) is 20.5. The Bertz CT molecular complexity index is 209. The van der Waals surface area contributed by atoms with Gasteiger partial charge in [0.15, 0.2) is 0 Å². The second-order valence-corrected chi connectivity index (χ2v) is 3.34. The molecular weight excluding hydrogens is 134 g/mol. The average molecular weight is 151 g/mol. The van der Waals surface area contributed by atoms with Crippen LogP contribution < -0.4 is 5.32 Å². The molecule has 0 unspecified atom stereocenters. The van der Waals surface area contributed by atoms with Crippen LogP contribution in [0.3, 0.4) is 0 Å². The monoisotopic (exact) mass is 151 g/mol. The molecule has 0 saturated carbocycles. The Morgan fingerprint density at radius 3 is 1.45 bits per heavy atom. The number of nitrogens with one attached hydrogen (secondary N) is 1. The van der Waals surface area contributed by atoms with Gasteiger partial charge in [0.25, 0.3) is 0 Å². The van der Waals surface area contributed by atoms with E-state index in [4.69, 9.17) is 0 Å². The van der Waals surface area contributed by atoms with E-state index in [1.807, 2.05) is 7.05 Å². The molecule has 11 heavy (non-hydrogen) atoms. The largest absolute Gasteiger partial charge is 0.310 e. The molecular formula is C10H17N. The minimum atomic E-state index is 0.495. The van der Waals surface area contributed by atoms with Crippen molar-refractivity contribution in [2.24, 2.45) is 0 Å². The number of hydrogen-bond donors (Lipinski definition) is 1. The summed E-state index contributed by atoms with van der Waals surface area (Å²) >= 11 is 0. The summed E-state index contributed by atoms with van der Waals surface area (Å²) in [5.41, 5.74) is 5.87. The van der Waals surface area contributed by atoms with Gasteiger partial charge in [-0.1, -0.05) is 0 Å². The van der Waals surface area contributed by atoms with Gasteiger partial charge in [0, 0.05) is 6.04 Å². The van der Waals surface area contributed by atoms with Crippen molar-refractivity contribution in [3.63, 3.8) is 0 Å². The first-order valence-electron chi connectivity index (χ1n) is 4.12. The van der Waals surface area contributed by atoms with Crippen LogP contribution in [0.25, 0.3) is 0 Å². The van der Waals surface area contributed by atoms with Crippen LogP contribution in [0.4, 0.5) is 0 Å². The fourth-order valence-corrected chi connectivity index (χ4v) is 1.78. The lowest BCUT2D eigenvalue weighted by atomic mass is 10.1. The van der Waals surface area contributed by atoms with Crippen molar-refractivity contribution in [2.45, 2.75) is 33.7 Å². The van der Waals surface area contributed by atoms with Crippen LogP contribution >= 0.6 is 0 Å². The number of hydrogen-bond acceptors (Lipinski definition) is 1. The molecule has 0 aliphatic heterocycles. The molecule has 1 nitrogen and oxygen atoms in total. The highest BCUT2D eigenvalue weighted by Crippen LogP contribution is 2.30. The zero-order valence-electron chi connectivity index (χ0n) is 8.08. The van der Waals surface area contributed by atoms with Gasteiger partial charge in [0.05, 0.1) is 0 Å². The van der Waals surface area contributed by atoms with Gasteiger partial charge >= 0.3 is 0 Å². The summed E-state index contributed by atoms with van der Waals surface area (Å²) in [5, 5.41) is 3.31. The smallest absolute Gasteiger partial charge is 0.0498 e. The number of allylic oxidation sites excluding steroid dienone is 2. The zero-order chi connectivity index (χ0) is 8.59. The van der Waals surface area contributed by atoms with E-state index in [0.29, 0.717) is 6.04 Å². The van der Waals surface area contributed by atoms with Crippen molar-refractivity contribution in [2.75, 3.05) is 7.05 Å². The van der Waals surface area contributed by atoms with Crippen LogP contribution in [-0.4, -0.2) is 13.1 Å². The molecule has 0 amide bonds. The molecule has 0 atom stereocenters. The molecule has 0 saturated heterocycles. The molecule has 0 heterocycles. The Hall–Kier alpha value is -0.560. The molecule has 0 spiro atoms. The number of rotatable bonds is 1. The highest BCUT2D eigenvalue weighted by Gasteiger charge is 2.21. The second kappa shape index (κ2) is 2.82. The predicted octanol–water partition coefficient (Wildman–Crippen LogP) is 2.26. The maximum atomic E-state index is 3.31. The minimum Gasteiger partial charge on any atom is -0.310 e. The van der Waals surface area contributed by atoms with Gasteiger partial charge in [0.1, 0.15) is 0 Å². The quantitative estimate of drug-likeness (QED) is 0.606. The summed E-state index contributed by atoms with van der Waals surface area (Å²) < 4.78 is 0. The van der Waals surface area contributed by atoms with E-state index in [0.717, 1.165) is 0 Å². The Morgan fingerprint density at radius 1 is 0.909 bits per heavy atom. The minimum absolute atomic E-state index is 0.495. The summed E-state index contributed by atoms with van der Waals surface area (Å²) in [4.78, 5) is 0. The van der Waals surface area contributed by atoms with Crippen LogP contribution in [0, 0.1) is 0 Å². The van der Waals surface area contributed by atoms with Gasteiger partial charge < -0.3 is 5.32 Å². The molecule has 1 heteroatoms. The topological polar surface area (TPSA) is 12.0 Å². The summed E-state index contributed by atoms with van der Waals surface area (Å²) in [6.07, 6.45) is 0. The standard InChI is InChI=1S/C10H17N/c1-6-7(2)9(4)10(11-5)8(6)3/h10-11H,1-5H3. The Labute approximate surface area is 69.2 Å². The van der Waals surface area contributed by atoms with Crippen molar-refractivity contribution < 1.29 is 0 Å². The Morgan fingerprint density at radius 2 is 1.27 bits per heavy atom. The van der Waals surface area contributed by atoms with Crippen LogP contribution in [0.1, 0.15) is 27.7 Å². The van der Waals surface area contributed by atoms with Gasteiger partial charge in [-0.05, 0) is 57.0 Å². The van der Waals surface area contributed by atoms with Gasteiger partial charge in [-0.3, -0.25) is 0 Å². The lowest BCUT2D eigenvalue weighted by molar-refractivity contribution is 0.724. The first-order chi connectivity index (χ1) is 5.09. The molecule has 0 aromatic carbocycles. The first-order valence-corrected chi connectivity index (χ1v) is 4.12. The van der Waals surface area contributed by atoms with Crippen LogP contribution in [-0.2, 0) is 0 Å². The highest BCUT2D eigenvalue weighted by atomic mass is 14.9. The van der Waals surface area contributed by atoms with Gasteiger partial charge in [0.2, 0.25) is 0 Å². The molecule has 62 valence electrons. The molecule has 1 rings (SSSR count). The molecule has 0 aromatic heterocycles. The maximum absolute atomic E-state index is 3.31. The van der Waals surface area contributed by atoms with Crippen molar-refractivity contribution in [3.8, 4) is 0 Å². The zero-order valence-corrected chi connectivity index (χ0v) is 8.08. The van der Waals surface area contributed by atoms with Crippen molar-refractivity contribution in [1.29, 1.82) is 0 Å². The van der Waals surface area contributed by atoms with E-state index in [9.17, 15) is 0 Å². The summed E-state index contributed by atoms with van der Waals surface area (Å²) in [7, 11) is 2.02. The predicted molar refractivity (Wildman–Crippen MR) is 49.6 cm³/mol. The van der Waals surface area contributed by atoms with Crippen molar-refractivity contribution >= 4 is 0 Å². The molecule has 0 bridgehead atoms. The molecule has 0 radical (unpaired) electrons. The third kappa shape index (κ3) is 1.14. The van der Waals surface area contributed by atoms with Crippen LogP contribution in [0.5, 0.6) is 0 Å². The van der Waals surface area contributed by atoms with Crippen LogP contribution in [0.15, 0.2) is 22.3 Å². The lowest BCUT2D eigenvalue weighted by Gasteiger charge is -2.12. The van der Waals surface area contributed by atoms with E-state index >= 15 is 0 Å². The third-order valence-corrected chi connectivity index (χ3v) is 2.90. The maximum Gasteiger partial charge on any atom is 0.0498 e. The molecule has 1 N–H and O–H groups in total. The van der Waals surface area contributed by atoms with Crippen molar-refractivity contribution in [1.82, 2.24) is 5.32 Å². The van der Waals surface area contributed by atoms with E-state index in [2.05, 4.69) is 33.0 Å². The van der Waals surface area contributed by atoms with Crippen LogP contribution in [0.2, 0.25) is 0 Å². The second-order valence-electron chi connectivity index (χ2n) is 3.34. The van der Waals surface area contributed by atoms with Crippen molar-refractivity contribution in [3.05, 3.63) is 22.3 Å². The van der Waals surface area contributed by atoms with E-state index in [1.54, 1.807) is 0 Å². The first kappa shape index (κ1) is 8.54. The van der Waals surface area contributed by atoms with Gasteiger partial charge in [-0.15, -0.1) is 0 Å². The molecule has 1 aliphatic carbocycles. The third-order valence-electron chi connectivity index (χ3n) is 2.90. The number of likely N-dealkylation sites (N-methyl/N-ethyl adjacent to an activating group) is 1. The van der Waals surface area contributed by atoms with E-state index < -0.39 is 0 Å². The fourth-order valence-electron chi connectivity index (χ4n) is 1.78. The van der Waals surface area contributed by atoms with E-state index in [1.165, 1.54) is 22.3 Å². The van der Waals surface area contributed by atoms with E-state index in [-0.39, 0.29) is 0 Å². The molecule has 0 fully saturated rings. The summed E-state index contributed by atoms with van der Waals surface area (Å²) in [6, 6.07) is 0.495. The lowest BCUT2D eigenvalue weighted by Crippen LogP contribution is -2.25. The Kier molecular flexibility index (Phi) is 2.19. The summed E-state index contributed by atoms with van der Waals surface area (Å²) in [6.45, 7) is 8.81.